The number of benzene rings is 1. The van der Waals surface area contributed by atoms with Crippen molar-refractivity contribution in [1.82, 2.24) is 10.3 Å². The van der Waals surface area contributed by atoms with Gasteiger partial charge < -0.3 is 10.1 Å². The molecule has 0 saturated carbocycles. The van der Waals surface area contributed by atoms with Gasteiger partial charge in [0.15, 0.2) is 0 Å². The van der Waals surface area contributed by atoms with Crippen LogP contribution in [0.25, 0.3) is 0 Å². The molecule has 2 rings (SSSR count). The fourth-order valence-corrected chi connectivity index (χ4v) is 2.05. The normalized spacial score (nSPS) is 12.4. The van der Waals surface area contributed by atoms with Crippen molar-refractivity contribution < 1.29 is 13.5 Å². The molecule has 3 nitrogen and oxygen atoms in total. The maximum absolute atomic E-state index is 12.3. The number of aromatic nitrogens is 1. The summed E-state index contributed by atoms with van der Waals surface area (Å²) in [7, 11) is 1.81. The lowest BCUT2D eigenvalue weighted by Crippen LogP contribution is -2.18. The molecule has 1 N–H and O–H groups in total. The van der Waals surface area contributed by atoms with Crippen molar-refractivity contribution >= 4 is 0 Å². The van der Waals surface area contributed by atoms with E-state index >= 15 is 0 Å². The van der Waals surface area contributed by atoms with Crippen molar-refractivity contribution in [3.8, 4) is 5.75 Å². The third kappa shape index (κ3) is 3.51. The van der Waals surface area contributed by atoms with E-state index in [1.54, 1.807) is 18.3 Å². The van der Waals surface area contributed by atoms with Gasteiger partial charge in [-0.05, 0) is 43.3 Å². The lowest BCUT2D eigenvalue weighted by Gasteiger charge is -2.18. The molecule has 0 bridgehead atoms. The van der Waals surface area contributed by atoms with Crippen molar-refractivity contribution in [2.24, 2.45) is 0 Å². The minimum atomic E-state index is -2.82. The van der Waals surface area contributed by atoms with Crippen LogP contribution in [0.1, 0.15) is 22.9 Å². The maximum atomic E-state index is 12.3. The molecule has 5 heteroatoms. The molecule has 1 aromatic carbocycles. The van der Waals surface area contributed by atoms with E-state index in [4.69, 9.17) is 0 Å². The van der Waals surface area contributed by atoms with Crippen LogP contribution in [0.2, 0.25) is 0 Å². The van der Waals surface area contributed by atoms with Gasteiger partial charge in [-0.2, -0.15) is 8.78 Å². The molecule has 0 aliphatic carbocycles. The summed E-state index contributed by atoms with van der Waals surface area (Å²) in [4.78, 5) is 4.25. The maximum Gasteiger partial charge on any atom is 0.387 e. The van der Waals surface area contributed by atoms with Gasteiger partial charge in [0, 0.05) is 11.9 Å². The highest BCUT2D eigenvalue weighted by molar-refractivity contribution is 5.36. The Morgan fingerprint density at radius 1 is 1.15 bits per heavy atom. The molecule has 0 aliphatic rings. The Morgan fingerprint density at radius 2 is 1.95 bits per heavy atom. The third-order valence-corrected chi connectivity index (χ3v) is 2.97. The fourth-order valence-electron chi connectivity index (χ4n) is 2.05. The molecule has 0 saturated heterocycles. The lowest BCUT2D eigenvalue weighted by molar-refractivity contribution is -0.0498. The summed E-state index contributed by atoms with van der Waals surface area (Å²) in [6.45, 7) is -0.908. The number of nitrogens with zero attached hydrogens (tertiary/aromatic N) is 1. The van der Waals surface area contributed by atoms with Crippen molar-refractivity contribution in [1.29, 1.82) is 0 Å². The summed E-state index contributed by atoms with van der Waals surface area (Å²) < 4.78 is 28.9. The van der Waals surface area contributed by atoms with Gasteiger partial charge in [0.1, 0.15) is 5.75 Å². The number of hydrogen-bond acceptors (Lipinski definition) is 3. The number of aryl methyl sites for hydroxylation is 1. The number of ether oxygens (including phenoxy) is 1. The minimum Gasteiger partial charge on any atom is -0.435 e. The Kier molecular flexibility index (Phi) is 4.63. The second kappa shape index (κ2) is 6.43. The summed E-state index contributed by atoms with van der Waals surface area (Å²) in [5, 5.41) is 3.15. The average molecular weight is 278 g/mol. The molecule has 0 spiro atoms. The first-order valence-corrected chi connectivity index (χ1v) is 6.24. The number of alkyl halides is 2. The molecule has 2 aromatic rings. The standard InChI is InChI=1S/C15H16F2N2O/c1-10-6-7-12(9-19-10)14(18-2)11-4-3-5-13(8-11)20-15(16)17/h3-9,14-15,18H,1-2H3. The SMILES string of the molecule is CNC(c1ccc(C)nc1)c1cccc(OC(F)F)c1. The second-order valence-electron chi connectivity index (χ2n) is 4.41. The van der Waals surface area contributed by atoms with Crippen molar-refractivity contribution in [3.63, 3.8) is 0 Å². The minimum absolute atomic E-state index is 0.121. The van der Waals surface area contributed by atoms with E-state index in [1.165, 1.54) is 6.07 Å². The zero-order valence-corrected chi connectivity index (χ0v) is 11.3. The van der Waals surface area contributed by atoms with E-state index in [1.807, 2.05) is 32.2 Å². The molecule has 20 heavy (non-hydrogen) atoms. The van der Waals surface area contributed by atoms with Crippen LogP contribution >= 0.6 is 0 Å². The first-order valence-electron chi connectivity index (χ1n) is 6.24. The van der Waals surface area contributed by atoms with Crippen LogP contribution in [-0.4, -0.2) is 18.6 Å². The highest BCUT2D eigenvalue weighted by Crippen LogP contribution is 2.25. The molecule has 0 fully saturated rings. The third-order valence-electron chi connectivity index (χ3n) is 2.97. The molecule has 1 heterocycles. The fraction of sp³-hybridized carbons (Fsp3) is 0.267. The van der Waals surface area contributed by atoms with Gasteiger partial charge >= 0.3 is 6.61 Å². The van der Waals surface area contributed by atoms with Gasteiger partial charge in [0.25, 0.3) is 0 Å². The van der Waals surface area contributed by atoms with E-state index in [0.717, 1.165) is 16.8 Å². The van der Waals surface area contributed by atoms with E-state index in [2.05, 4.69) is 15.0 Å². The van der Waals surface area contributed by atoms with Crippen molar-refractivity contribution in [2.45, 2.75) is 19.6 Å². The summed E-state index contributed by atoms with van der Waals surface area (Å²) >= 11 is 0. The number of nitrogens with one attached hydrogen (secondary N) is 1. The number of hydrogen-bond donors (Lipinski definition) is 1. The molecular formula is C15H16F2N2O. The summed E-state index contributed by atoms with van der Waals surface area (Å²) in [5.41, 5.74) is 2.74. The molecule has 1 atom stereocenters. The monoisotopic (exact) mass is 278 g/mol. The quantitative estimate of drug-likeness (QED) is 0.911. The average Bonchev–Trinajstić information content (AvgIpc) is 2.41. The summed E-state index contributed by atoms with van der Waals surface area (Å²) in [6.07, 6.45) is 1.77. The zero-order valence-electron chi connectivity index (χ0n) is 11.3. The van der Waals surface area contributed by atoms with Gasteiger partial charge in [-0.1, -0.05) is 18.2 Å². The zero-order chi connectivity index (χ0) is 14.5. The van der Waals surface area contributed by atoms with Crippen LogP contribution in [0, 0.1) is 6.92 Å². The van der Waals surface area contributed by atoms with Crippen molar-refractivity contribution in [2.75, 3.05) is 7.05 Å². The number of pyridine rings is 1. The molecule has 0 radical (unpaired) electrons. The summed E-state index contributed by atoms with van der Waals surface area (Å²) in [5.74, 6) is 0.151. The number of halogens is 2. The molecular weight excluding hydrogens is 262 g/mol. The van der Waals surface area contributed by atoms with Crippen LogP contribution in [0.4, 0.5) is 8.78 Å². The topological polar surface area (TPSA) is 34.2 Å². The van der Waals surface area contributed by atoms with Crippen LogP contribution < -0.4 is 10.1 Å². The van der Waals surface area contributed by atoms with E-state index in [0.29, 0.717) is 0 Å². The van der Waals surface area contributed by atoms with Gasteiger partial charge in [0.05, 0.1) is 6.04 Å². The van der Waals surface area contributed by atoms with Gasteiger partial charge in [-0.15, -0.1) is 0 Å². The Labute approximate surface area is 116 Å². The van der Waals surface area contributed by atoms with E-state index < -0.39 is 6.61 Å². The smallest absolute Gasteiger partial charge is 0.387 e. The Bertz CT molecular complexity index is 558. The highest BCUT2D eigenvalue weighted by Gasteiger charge is 2.14. The molecule has 0 aliphatic heterocycles. The first-order chi connectivity index (χ1) is 9.60. The Hall–Kier alpha value is -2.01. The van der Waals surface area contributed by atoms with Gasteiger partial charge in [0.2, 0.25) is 0 Å². The van der Waals surface area contributed by atoms with Crippen LogP contribution in [0.15, 0.2) is 42.6 Å². The van der Waals surface area contributed by atoms with Gasteiger partial charge in [-0.25, -0.2) is 0 Å². The predicted octanol–water partition coefficient (Wildman–Crippen LogP) is 3.30. The van der Waals surface area contributed by atoms with Crippen LogP contribution in [0.5, 0.6) is 5.75 Å². The Morgan fingerprint density at radius 3 is 2.55 bits per heavy atom. The first kappa shape index (κ1) is 14.4. The second-order valence-corrected chi connectivity index (χ2v) is 4.41. The highest BCUT2D eigenvalue weighted by atomic mass is 19.3. The molecule has 106 valence electrons. The molecule has 0 amide bonds. The lowest BCUT2D eigenvalue weighted by atomic mass is 10.00. The van der Waals surface area contributed by atoms with Gasteiger partial charge in [-0.3, -0.25) is 4.98 Å². The van der Waals surface area contributed by atoms with E-state index in [9.17, 15) is 8.78 Å². The largest absolute Gasteiger partial charge is 0.435 e. The Balaban J connectivity index is 2.29. The molecule has 1 unspecified atom stereocenters. The van der Waals surface area contributed by atoms with Crippen molar-refractivity contribution in [3.05, 3.63) is 59.4 Å². The molecule has 1 aromatic heterocycles. The predicted molar refractivity (Wildman–Crippen MR) is 73.0 cm³/mol. The summed E-state index contributed by atoms with van der Waals surface area (Å²) in [6, 6.07) is 10.4. The number of rotatable bonds is 5. The van der Waals surface area contributed by atoms with E-state index in [-0.39, 0.29) is 11.8 Å². The van der Waals surface area contributed by atoms with Crippen LogP contribution in [-0.2, 0) is 0 Å². The van der Waals surface area contributed by atoms with Crippen LogP contribution in [0.3, 0.4) is 0 Å².